The lowest BCUT2D eigenvalue weighted by molar-refractivity contribution is -0.0431. The molecule has 1 saturated heterocycles. The van der Waals surface area contributed by atoms with E-state index in [1.807, 2.05) is 0 Å². The summed E-state index contributed by atoms with van der Waals surface area (Å²) in [5.74, 6) is 0.229. The van der Waals surface area contributed by atoms with Crippen LogP contribution in [0, 0.1) is 0 Å². The maximum absolute atomic E-state index is 9.92. The topological polar surface area (TPSA) is 103 Å². The number of aromatic nitrogens is 4. The summed E-state index contributed by atoms with van der Waals surface area (Å²) in [7, 11) is 1.44. The molecule has 2 N–H and O–H groups in total. The Balaban J connectivity index is 2.07. The molecule has 10 heteroatoms. The molecule has 0 spiro atoms. The number of imidazole rings is 1. The molecule has 3 heterocycles. The highest BCUT2D eigenvalue weighted by Gasteiger charge is 2.44. The molecule has 0 bridgehead atoms. The van der Waals surface area contributed by atoms with Gasteiger partial charge in [-0.05, 0) is 11.6 Å². The molecule has 3 rings (SSSR count). The van der Waals surface area contributed by atoms with Crippen LogP contribution in [0.4, 0.5) is 0 Å². The van der Waals surface area contributed by atoms with Crippen molar-refractivity contribution in [1.29, 1.82) is 0 Å². The van der Waals surface area contributed by atoms with Crippen molar-refractivity contribution in [3.05, 3.63) is 11.6 Å². The van der Waals surface area contributed by atoms with Gasteiger partial charge in [0, 0.05) is 0 Å². The number of alkyl halides is 1. The Morgan fingerprint density at radius 2 is 2.24 bits per heavy atom. The normalized spacial score (nSPS) is 29.2. The molecular formula is C11H12Cl2N4O4. The quantitative estimate of drug-likeness (QED) is 0.616. The van der Waals surface area contributed by atoms with Crippen LogP contribution in [0.5, 0.6) is 5.88 Å². The molecule has 0 aliphatic carbocycles. The SMILES string of the molecule is COc1nc(Cl)nc2c1ncn2[C@@H]1O[C@H](CO)C(O)C1Cl. The van der Waals surface area contributed by atoms with Crippen LogP contribution in [-0.4, -0.2) is 61.0 Å². The second kappa shape index (κ2) is 5.54. The number of aliphatic hydroxyl groups excluding tert-OH is 2. The third-order valence-corrected chi connectivity index (χ3v) is 3.95. The molecular weight excluding hydrogens is 323 g/mol. The van der Waals surface area contributed by atoms with E-state index in [9.17, 15) is 10.2 Å². The molecule has 2 unspecified atom stereocenters. The van der Waals surface area contributed by atoms with E-state index in [0.717, 1.165) is 0 Å². The predicted octanol–water partition coefficient (Wildman–Crippen LogP) is 0.346. The molecule has 1 aliphatic heterocycles. The summed E-state index contributed by atoms with van der Waals surface area (Å²) in [5.41, 5.74) is 0.768. The fraction of sp³-hybridized carbons (Fsp3) is 0.545. The van der Waals surface area contributed by atoms with Crippen LogP contribution in [-0.2, 0) is 4.74 Å². The number of ether oxygens (including phenoxy) is 2. The van der Waals surface area contributed by atoms with E-state index in [0.29, 0.717) is 11.2 Å². The molecule has 2 aromatic heterocycles. The number of methoxy groups -OCH3 is 1. The van der Waals surface area contributed by atoms with Gasteiger partial charge in [-0.25, -0.2) is 4.98 Å². The third kappa shape index (κ3) is 2.33. The van der Waals surface area contributed by atoms with Crippen molar-refractivity contribution in [3.8, 4) is 5.88 Å². The van der Waals surface area contributed by atoms with Gasteiger partial charge in [0.05, 0.1) is 20.0 Å². The van der Waals surface area contributed by atoms with E-state index in [1.54, 1.807) is 0 Å². The molecule has 4 atom stereocenters. The van der Waals surface area contributed by atoms with Gasteiger partial charge < -0.3 is 19.7 Å². The Morgan fingerprint density at radius 3 is 2.86 bits per heavy atom. The van der Waals surface area contributed by atoms with Crippen LogP contribution >= 0.6 is 23.2 Å². The summed E-state index contributed by atoms with van der Waals surface area (Å²) in [6, 6.07) is 0. The second-order valence-electron chi connectivity index (χ2n) is 4.51. The molecule has 114 valence electrons. The minimum Gasteiger partial charge on any atom is -0.479 e. The lowest BCUT2D eigenvalue weighted by Gasteiger charge is -2.16. The fourth-order valence-corrected chi connectivity index (χ4v) is 2.77. The van der Waals surface area contributed by atoms with E-state index in [2.05, 4.69) is 15.0 Å². The molecule has 0 aromatic carbocycles. The van der Waals surface area contributed by atoms with Gasteiger partial charge in [0.2, 0.25) is 11.2 Å². The molecule has 2 aromatic rings. The lowest BCUT2D eigenvalue weighted by Crippen LogP contribution is -2.29. The average Bonchev–Trinajstić information content (AvgIpc) is 3.01. The van der Waals surface area contributed by atoms with Crippen LogP contribution < -0.4 is 4.74 Å². The number of nitrogens with zero attached hydrogens (tertiary/aromatic N) is 4. The molecule has 0 amide bonds. The third-order valence-electron chi connectivity index (χ3n) is 3.30. The summed E-state index contributed by atoms with van der Waals surface area (Å²) in [6.45, 7) is -0.341. The summed E-state index contributed by atoms with van der Waals surface area (Å²) >= 11 is 12.0. The molecule has 0 saturated carbocycles. The Morgan fingerprint density at radius 1 is 1.48 bits per heavy atom. The van der Waals surface area contributed by atoms with Gasteiger partial charge in [0.1, 0.15) is 17.6 Å². The Kier molecular flexibility index (Phi) is 3.89. The van der Waals surface area contributed by atoms with Crippen molar-refractivity contribution >= 4 is 34.4 Å². The molecule has 8 nitrogen and oxygen atoms in total. The van der Waals surface area contributed by atoms with Crippen LogP contribution in [0.15, 0.2) is 6.33 Å². The van der Waals surface area contributed by atoms with Crippen LogP contribution in [0.3, 0.4) is 0 Å². The number of hydrogen-bond acceptors (Lipinski definition) is 7. The van der Waals surface area contributed by atoms with Gasteiger partial charge in [0.15, 0.2) is 17.4 Å². The van der Waals surface area contributed by atoms with E-state index in [-0.39, 0.29) is 17.8 Å². The van der Waals surface area contributed by atoms with Gasteiger partial charge in [-0.1, -0.05) is 0 Å². The van der Waals surface area contributed by atoms with Crippen molar-refractivity contribution in [3.63, 3.8) is 0 Å². The van der Waals surface area contributed by atoms with Crippen molar-refractivity contribution < 1.29 is 19.7 Å². The maximum Gasteiger partial charge on any atom is 0.246 e. The number of hydrogen-bond donors (Lipinski definition) is 2. The molecule has 0 radical (unpaired) electrons. The Hall–Kier alpha value is -1.19. The highest BCUT2D eigenvalue weighted by atomic mass is 35.5. The monoisotopic (exact) mass is 334 g/mol. The lowest BCUT2D eigenvalue weighted by atomic mass is 10.2. The number of rotatable bonds is 3. The standard InChI is InChI=1S/C11H12Cl2N4O4/c1-20-9-6-8(15-11(13)16-9)17(3-14-6)10-5(12)7(19)4(2-18)21-10/h3-5,7,10,18-19H,2H2,1H3/t4-,5?,7?,10-/m1/s1. The first kappa shape index (κ1) is 14.7. The minimum absolute atomic E-state index is 0.00974. The fourth-order valence-electron chi connectivity index (χ4n) is 2.27. The van der Waals surface area contributed by atoms with E-state index < -0.39 is 23.8 Å². The number of fused-ring (bicyclic) bond motifs is 1. The number of halogens is 2. The summed E-state index contributed by atoms with van der Waals surface area (Å²) in [5, 5.41) is 18.3. The number of aliphatic hydroxyl groups is 2. The van der Waals surface area contributed by atoms with Crippen molar-refractivity contribution in [2.45, 2.75) is 23.8 Å². The first-order chi connectivity index (χ1) is 10.1. The van der Waals surface area contributed by atoms with Gasteiger partial charge >= 0.3 is 0 Å². The largest absolute Gasteiger partial charge is 0.479 e. The van der Waals surface area contributed by atoms with Crippen LogP contribution in [0.1, 0.15) is 6.23 Å². The van der Waals surface area contributed by atoms with Crippen LogP contribution in [0.2, 0.25) is 5.28 Å². The second-order valence-corrected chi connectivity index (χ2v) is 5.35. The summed E-state index contributed by atoms with van der Waals surface area (Å²) in [4.78, 5) is 12.2. The van der Waals surface area contributed by atoms with Crippen molar-refractivity contribution in [1.82, 2.24) is 19.5 Å². The smallest absolute Gasteiger partial charge is 0.246 e. The van der Waals surface area contributed by atoms with Crippen molar-refractivity contribution in [2.75, 3.05) is 13.7 Å². The molecule has 1 aliphatic rings. The summed E-state index contributed by atoms with van der Waals surface area (Å²) < 4.78 is 12.2. The van der Waals surface area contributed by atoms with Gasteiger partial charge in [-0.2, -0.15) is 9.97 Å². The van der Waals surface area contributed by atoms with E-state index >= 15 is 0 Å². The maximum atomic E-state index is 9.92. The van der Waals surface area contributed by atoms with Gasteiger partial charge in [-0.3, -0.25) is 4.57 Å². The minimum atomic E-state index is -1.00. The first-order valence-corrected chi connectivity index (χ1v) is 6.90. The predicted molar refractivity (Wildman–Crippen MR) is 73.5 cm³/mol. The van der Waals surface area contributed by atoms with Crippen molar-refractivity contribution in [2.24, 2.45) is 0 Å². The van der Waals surface area contributed by atoms with E-state index in [4.69, 9.17) is 32.7 Å². The van der Waals surface area contributed by atoms with E-state index in [1.165, 1.54) is 18.0 Å². The van der Waals surface area contributed by atoms with Crippen LogP contribution in [0.25, 0.3) is 11.2 Å². The Labute approximate surface area is 129 Å². The zero-order chi connectivity index (χ0) is 15.1. The highest BCUT2D eigenvalue weighted by molar-refractivity contribution is 6.28. The first-order valence-electron chi connectivity index (χ1n) is 6.09. The zero-order valence-corrected chi connectivity index (χ0v) is 12.4. The molecule has 1 fully saturated rings. The molecule has 21 heavy (non-hydrogen) atoms. The van der Waals surface area contributed by atoms with Gasteiger partial charge in [0.25, 0.3) is 0 Å². The Bertz CT molecular complexity index is 667. The van der Waals surface area contributed by atoms with Gasteiger partial charge in [-0.15, -0.1) is 11.6 Å². The zero-order valence-electron chi connectivity index (χ0n) is 10.8. The highest BCUT2D eigenvalue weighted by Crippen LogP contribution is 2.35. The summed E-state index contributed by atoms with van der Waals surface area (Å²) in [6.07, 6.45) is -1.06. The average molecular weight is 335 g/mol.